The van der Waals surface area contributed by atoms with Crippen LogP contribution in [-0.2, 0) is 30.5 Å². The van der Waals surface area contributed by atoms with Gasteiger partial charge in [0.25, 0.3) is 0 Å². The van der Waals surface area contributed by atoms with E-state index in [4.69, 9.17) is 9.47 Å². The van der Waals surface area contributed by atoms with Gasteiger partial charge in [0.05, 0.1) is 19.4 Å². The largest absolute Gasteiger partial charge is 0.464 e. The maximum absolute atomic E-state index is 12.6. The zero-order chi connectivity index (χ0) is 33.2. The number of rotatable bonds is 13. The molecule has 0 heterocycles. The molecule has 4 aromatic carbocycles. The maximum Gasteiger partial charge on any atom is 0.306 e. The minimum atomic E-state index is -0.426. The van der Waals surface area contributed by atoms with Crippen molar-refractivity contribution in [3.63, 3.8) is 0 Å². The minimum absolute atomic E-state index is 0.0255. The van der Waals surface area contributed by atoms with E-state index >= 15 is 0 Å². The number of allylic oxidation sites excluding steroid dienone is 5. The van der Waals surface area contributed by atoms with Crippen LogP contribution in [-0.4, -0.2) is 37.9 Å². The van der Waals surface area contributed by atoms with Gasteiger partial charge in [0.2, 0.25) is 0 Å². The highest BCUT2D eigenvalue weighted by Crippen LogP contribution is 2.38. The Morgan fingerprint density at radius 1 is 0.830 bits per heavy atom. The molecule has 0 aromatic heterocycles. The summed E-state index contributed by atoms with van der Waals surface area (Å²) in [7, 11) is 0. The number of carbonyl (C=O) groups excluding carboxylic acids is 3. The van der Waals surface area contributed by atoms with Gasteiger partial charge in [-0.3, -0.25) is 14.4 Å². The van der Waals surface area contributed by atoms with Crippen molar-refractivity contribution in [2.75, 3.05) is 24.6 Å². The van der Waals surface area contributed by atoms with Crippen LogP contribution in [0.15, 0.2) is 108 Å². The van der Waals surface area contributed by atoms with E-state index in [1.165, 1.54) is 5.57 Å². The van der Waals surface area contributed by atoms with Crippen molar-refractivity contribution in [2.24, 2.45) is 5.41 Å². The first-order valence-corrected chi connectivity index (χ1v) is 16.3. The highest BCUT2D eigenvalue weighted by atomic mass is 16.5. The molecule has 6 nitrogen and oxygen atoms in total. The molecule has 242 valence electrons. The number of benzene rings is 4. The molecule has 0 atom stereocenters. The number of ether oxygens (including phenoxy) is 2. The first-order chi connectivity index (χ1) is 22.7. The summed E-state index contributed by atoms with van der Waals surface area (Å²) in [6.07, 6.45) is 10.7. The van der Waals surface area contributed by atoms with E-state index in [1.54, 1.807) is 6.08 Å². The molecule has 0 N–H and O–H groups in total. The van der Waals surface area contributed by atoms with Crippen LogP contribution in [0.3, 0.4) is 0 Å². The fourth-order valence-corrected chi connectivity index (χ4v) is 6.31. The van der Waals surface area contributed by atoms with Crippen LogP contribution in [0.25, 0.3) is 27.6 Å². The average molecular weight is 630 g/mol. The number of nitrogens with zero attached hydrogens (tertiary/aromatic N) is 1. The quantitative estimate of drug-likeness (QED) is 0.0637. The van der Waals surface area contributed by atoms with Gasteiger partial charge in [-0.2, -0.15) is 0 Å². The average Bonchev–Trinajstić information content (AvgIpc) is 3.06. The Kier molecular flexibility index (Phi) is 11.0. The maximum atomic E-state index is 12.6. The SMILES string of the molecule is CCN(CCOC(=O)CCC(=O)OCc1c2ccccc2cc2ccccc12)c1ccc(/C=C/C2=CC(=C/C=O)/CC(C)(C)C2)cc1. The summed E-state index contributed by atoms with van der Waals surface area (Å²) in [5, 5.41) is 4.29. The first-order valence-electron chi connectivity index (χ1n) is 16.3. The van der Waals surface area contributed by atoms with E-state index in [-0.39, 0.29) is 31.5 Å². The molecule has 0 fully saturated rings. The third kappa shape index (κ3) is 9.07. The molecular weight excluding hydrogens is 586 g/mol. The van der Waals surface area contributed by atoms with Gasteiger partial charge in [-0.05, 0) is 87.7 Å². The predicted molar refractivity (Wildman–Crippen MR) is 190 cm³/mol. The smallest absolute Gasteiger partial charge is 0.306 e. The first kappa shape index (κ1) is 33.4. The van der Waals surface area contributed by atoms with Gasteiger partial charge in [0.1, 0.15) is 19.5 Å². The molecule has 5 rings (SSSR count). The van der Waals surface area contributed by atoms with Crippen molar-refractivity contribution < 1.29 is 23.9 Å². The highest BCUT2D eigenvalue weighted by molar-refractivity contribution is 6.02. The van der Waals surface area contributed by atoms with Crippen LogP contribution in [0.2, 0.25) is 0 Å². The van der Waals surface area contributed by atoms with Crippen LogP contribution < -0.4 is 4.90 Å². The lowest BCUT2D eigenvalue weighted by molar-refractivity contribution is -0.150. The summed E-state index contributed by atoms with van der Waals surface area (Å²) >= 11 is 0. The number of fused-ring (bicyclic) bond motifs is 2. The predicted octanol–water partition coefficient (Wildman–Crippen LogP) is 8.77. The van der Waals surface area contributed by atoms with Crippen molar-refractivity contribution in [2.45, 2.75) is 53.1 Å². The number of esters is 2. The molecule has 0 aliphatic heterocycles. The zero-order valence-electron chi connectivity index (χ0n) is 27.5. The Bertz CT molecular complexity index is 1780. The van der Waals surface area contributed by atoms with Crippen LogP contribution in [0.1, 0.15) is 57.6 Å². The van der Waals surface area contributed by atoms with Crippen molar-refractivity contribution >= 4 is 51.5 Å². The summed E-state index contributed by atoms with van der Waals surface area (Å²) in [6.45, 7) is 8.19. The number of aldehydes is 1. The molecule has 0 bridgehead atoms. The van der Waals surface area contributed by atoms with Crippen molar-refractivity contribution in [3.05, 3.63) is 119 Å². The summed E-state index contributed by atoms with van der Waals surface area (Å²) in [5.41, 5.74) is 5.49. The molecule has 6 heteroatoms. The summed E-state index contributed by atoms with van der Waals surface area (Å²) < 4.78 is 11.1. The molecule has 0 radical (unpaired) electrons. The topological polar surface area (TPSA) is 72.9 Å². The molecule has 1 aliphatic rings. The van der Waals surface area contributed by atoms with Crippen LogP contribution in [0, 0.1) is 5.41 Å². The Morgan fingerprint density at radius 3 is 2.11 bits per heavy atom. The molecule has 0 saturated heterocycles. The lowest BCUT2D eigenvalue weighted by Crippen LogP contribution is -2.28. The van der Waals surface area contributed by atoms with Gasteiger partial charge in [-0.15, -0.1) is 0 Å². The van der Waals surface area contributed by atoms with Crippen LogP contribution in [0.4, 0.5) is 5.69 Å². The Labute approximate surface area is 277 Å². The molecule has 0 saturated carbocycles. The number of likely N-dealkylation sites (N-methyl/N-ethyl adjacent to an activating group) is 1. The monoisotopic (exact) mass is 629 g/mol. The second-order valence-electron chi connectivity index (χ2n) is 12.8. The molecule has 0 amide bonds. The van der Waals surface area contributed by atoms with E-state index in [9.17, 15) is 14.4 Å². The van der Waals surface area contributed by atoms with Crippen molar-refractivity contribution in [1.29, 1.82) is 0 Å². The fraction of sp³-hybridized carbons (Fsp3) is 0.293. The lowest BCUT2D eigenvalue weighted by Gasteiger charge is -2.30. The second kappa shape index (κ2) is 15.5. The fourth-order valence-electron chi connectivity index (χ4n) is 6.31. The van der Waals surface area contributed by atoms with Crippen molar-refractivity contribution in [3.8, 4) is 0 Å². The van der Waals surface area contributed by atoms with Gasteiger partial charge >= 0.3 is 11.9 Å². The summed E-state index contributed by atoms with van der Waals surface area (Å²) in [4.78, 5) is 38.2. The van der Waals surface area contributed by atoms with Crippen LogP contribution in [0.5, 0.6) is 0 Å². The zero-order valence-corrected chi connectivity index (χ0v) is 27.5. The van der Waals surface area contributed by atoms with E-state index < -0.39 is 11.9 Å². The van der Waals surface area contributed by atoms with Crippen LogP contribution >= 0.6 is 0 Å². The second-order valence-corrected chi connectivity index (χ2v) is 12.8. The molecule has 4 aromatic rings. The van der Waals surface area contributed by atoms with E-state index in [1.807, 2.05) is 36.4 Å². The highest BCUT2D eigenvalue weighted by Gasteiger charge is 2.24. The summed E-state index contributed by atoms with van der Waals surface area (Å²) in [5.74, 6) is -0.843. The molecule has 1 aliphatic carbocycles. The Balaban J connectivity index is 1.07. The molecule has 47 heavy (non-hydrogen) atoms. The summed E-state index contributed by atoms with van der Waals surface area (Å²) in [6, 6.07) is 26.6. The Morgan fingerprint density at radius 2 is 1.47 bits per heavy atom. The number of hydrogen-bond acceptors (Lipinski definition) is 6. The standard InChI is InChI=1S/C41H43NO5/c1-4-42(35-17-15-30(16-18-35)13-14-31-25-32(21-23-43)28-41(2,3)27-31)22-24-46-39(44)19-20-40(45)47-29-38-36-11-7-5-9-33(36)26-34-10-6-8-12-37(34)38/h5-18,21,23,25-26H,4,19-20,22,24,27-29H2,1-3H3/b14-13+,32-21-. The Hall–Kier alpha value is -4.97. The van der Waals surface area contributed by atoms with Gasteiger partial charge in [0.15, 0.2) is 0 Å². The van der Waals surface area contributed by atoms with E-state index in [0.717, 1.165) is 69.6 Å². The number of hydrogen-bond donors (Lipinski definition) is 0. The normalized spacial score (nSPS) is 15.1. The number of anilines is 1. The van der Waals surface area contributed by atoms with Crippen molar-refractivity contribution in [1.82, 2.24) is 0 Å². The number of carbonyl (C=O) groups is 3. The molecule has 0 unspecified atom stereocenters. The minimum Gasteiger partial charge on any atom is -0.464 e. The van der Waals surface area contributed by atoms with Gasteiger partial charge in [-0.1, -0.05) is 92.7 Å². The molecular formula is C41H43NO5. The van der Waals surface area contributed by atoms with E-state index in [2.05, 4.69) is 86.4 Å². The van der Waals surface area contributed by atoms with Gasteiger partial charge in [-0.25, -0.2) is 0 Å². The van der Waals surface area contributed by atoms with Gasteiger partial charge < -0.3 is 14.4 Å². The molecule has 0 spiro atoms. The lowest BCUT2D eigenvalue weighted by atomic mass is 9.75. The van der Waals surface area contributed by atoms with Gasteiger partial charge in [0, 0.05) is 17.8 Å². The third-order valence-corrected chi connectivity index (χ3v) is 8.57. The van der Waals surface area contributed by atoms with E-state index in [0.29, 0.717) is 6.54 Å². The third-order valence-electron chi connectivity index (χ3n) is 8.57.